The molecule has 0 aromatic carbocycles. The van der Waals surface area contributed by atoms with Crippen molar-refractivity contribution in [3.63, 3.8) is 0 Å². The molecule has 8 heteroatoms. The Morgan fingerprint density at radius 3 is 2.43 bits per heavy atom. The number of rotatable bonds is 3. The minimum atomic E-state index is -4.32. The molecule has 0 N–H and O–H groups in total. The average molecular weight is 321 g/mol. The van der Waals surface area contributed by atoms with Crippen molar-refractivity contribution in [3.8, 4) is 0 Å². The maximum atomic E-state index is 13.6. The standard InChI is InChI=1S/C13H16ClF3N4/c1-4-20-11-9(8(3)19-20)18-10(7(2)14)21(11)12(5-6-12)13(15,16)17/h7H,4-6H2,1-3H3. The van der Waals surface area contributed by atoms with Crippen molar-refractivity contribution in [1.29, 1.82) is 0 Å². The Hall–Kier alpha value is -1.24. The normalized spacial score (nSPS) is 19.2. The molecule has 0 aliphatic heterocycles. The third kappa shape index (κ3) is 1.89. The second kappa shape index (κ2) is 4.38. The van der Waals surface area contributed by atoms with E-state index >= 15 is 0 Å². The molecule has 0 amide bonds. The van der Waals surface area contributed by atoms with Crippen molar-refractivity contribution < 1.29 is 13.2 Å². The summed E-state index contributed by atoms with van der Waals surface area (Å²) in [5.74, 6) is 0.268. The molecule has 3 rings (SSSR count). The monoisotopic (exact) mass is 320 g/mol. The summed E-state index contributed by atoms with van der Waals surface area (Å²) in [6, 6.07) is 0. The van der Waals surface area contributed by atoms with Crippen molar-refractivity contribution >= 4 is 22.8 Å². The number of alkyl halides is 4. The molecule has 4 nitrogen and oxygen atoms in total. The number of hydrogen-bond acceptors (Lipinski definition) is 2. The summed E-state index contributed by atoms with van der Waals surface area (Å²) in [7, 11) is 0. The molecule has 1 saturated carbocycles. The number of fused-ring (bicyclic) bond motifs is 1. The highest BCUT2D eigenvalue weighted by atomic mass is 35.5. The van der Waals surface area contributed by atoms with Gasteiger partial charge in [-0.2, -0.15) is 18.3 Å². The molecule has 116 valence electrons. The predicted molar refractivity (Wildman–Crippen MR) is 73.5 cm³/mol. The lowest BCUT2D eigenvalue weighted by atomic mass is 10.2. The van der Waals surface area contributed by atoms with Gasteiger partial charge in [0.1, 0.15) is 16.9 Å². The van der Waals surface area contributed by atoms with E-state index in [1.807, 2.05) is 6.92 Å². The van der Waals surface area contributed by atoms with Gasteiger partial charge in [0.15, 0.2) is 5.65 Å². The van der Waals surface area contributed by atoms with Crippen LogP contribution in [0.5, 0.6) is 0 Å². The summed E-state index contributed by atoms with van der Waals surface area (Å²) < 4.78 is 43.5. The largest absolute Gasteiger partial charge is 0.412 e. The summed E-state index contributed by atoms with van der Waals surface area (Å²) in [5, 5.41) is 3.68. The van der Waals surface area contributed by atoms with Crippen molar-refractivity contribution in [2.75, 3.05) is 0 Å². The number of hydrogen-bond donors (Lipinski definition) is 0. The van der Waals surface area contributed by atoms with Crippen LogP contribution in [0.3, 0.4) is 0 Å². The molecular formula is C13H16ClF3N4. The highest BCUT2D eigenvalue weighted by Gasteiger charge is 2.66. The zero-order valence-electron chi connectivity index (χ0n) is 12.0. The first-order valence-electron chi connectivity index (χ1n) is 6.90. The van der Waals surface area contributed by atoms with Gasteiger partial charge in [0.2, 0.25) is 0 Å². The van der Waals surface area contributed by atoms with Crippen LogP contribution in [-0.2, 0) is 12.1 Å². The van der Waals surface area contributed by atoms with E-state index in [9.17, 15) is 13.2 Å². The van der Waals surface area contributed by atoms with Crippen LogP contribution < -0.4 is 0 Å². The smallest absolute Gasteiger partial charge is 0.296 e. The van der Waals surface area contributed by atoms with Gasteiger partial charge < -0.3 is 0 Å². The number of nitrogens with zero attached hydrogens (tertiary/aromatic N) is 4. The van der Waals surface area contributed by atoms with Crippen LogP contribution in [0.1, 0.15) is 43.6 Å². The van der Waals surface area contributed by atoms with Gasteiger partial charge in [0, 0.05) is 6.54 Å². The van der Waals surface area contributed by atoms with Gasteiger partial charge in [-0.15, -0.1) is 11.6 Å². The Balaban J connectivity index is 2.36. The lowest BCUT2D eigenvalue weighted by Crippen LogP contribution is -2.36. The molecule has 0 bridgehead atoms. The quantitative estimate of drug-likeness (QED) is 0.804. The van der Waals surface area contributed by atoms with E-state index < -0.39 is 17.1 Å². The van der Waals surface area contributed by atoms with Gasteiger partial charge >= 0.3 is 6.18 Å². The van der Waals surface area contributed by atoms with E-state index in [2.05, 4.69) is 10.1 Å². The van der Waals surface area contributed by atoms with Gasteiger partial charge in [0.25, 0.3) is 0 Å². The fraction of sp³-hybridized carbons (Fsp3) is 0.692. The van der Waals surface area contributed by atoms with Gasteiger partial charge in [-0.3, -0.25) is 4.57 Å². The summed E-state index contributed by atoms with van der Waals surface area (Å²) in [6.07, 6.45) is -4.20. The second-order valence-electron chi connectivity index (χ2n) is 5.52. The highest BCUT2D eigenvalue weighted by Crippen LogP contribution is 2.57. The van der Waals surface area contributed by atoms with E-state index in [1.165, 1.54) is 4.57 Å². The molecule has 2 aromatic rings. The van der Waals surface area contributed by atoms with Crippen molar-refractivity contribution in [2.24, 2.45) is 0 Å². The van der Waals surface area contributed by atoms with Crippen molar-refractivity contribution in [3.05, 3.63) is 11.5 Å². The Labute approximate surface area is 124 Å². The van der Waals surface area contributed by atoms with Crippen molar-refractivity contribution in [1.82, 2.24) is 19.3 Å². The molecule has 0 radical (unpaired) electrons. The Morgan fingerprint density at radius 2 is 2.00 bits per heavy atom. The summed E-state index contributed by atoms with van der Waals surface area (Å²) in [5.41, 5.74) is -0.316. The number of aryl methyl sites for hydroxylation is 2. The van der Waals surface area contributed by atoms with Crippen LogP contribution in [0.4, 0.5) is 13.2 Å². The van der Waals surface area contributed by atoms with E-state index in [4.69, 9.17) is 11.6 Å². The van der Waals surface area contributed by atoms with E-state index in [0.717, 1.165) is 0 Å². The van der Waals surface area contributed by atoms with Crippen LogP contribution >= 0.6 is 11.6 Å². The van der Waals surface area contributed by atoms with Gasteiger partial charge in [-0.25, -0.2) is 9.67 Å². The summed E-state index contributed by atoms with van der Waals surface area (Å²) >= 11 is 6.09. The van der Waals surface area contributed by atoms with Gasteiger partial charge in [-0.05, 0) is 33.6 Å². The van der Waals surface area contributed by atoms with Crippen LogP contribution in [0.15, 0.2) is 0 Å². The molecule has 2 aromatic heterocycles. The fourth-order valence-corrected chi connectivity index (χ4v) is 2.99. The zero-order valence-corrected chi connectivity index (χ0v) is 12.8. The number of imidazole rings is 1. The molecule has 1 aliphatic rings. The fourth-order valence-electron chi connectivity index (χ4n) is 2.85. The lowest BCUT2D eigenvalue weighted by molar-refractivity contribution is -0.179. The van der Waals surface area contributed by atoms with E-state index in [1.54, 1.807) is 18.5 Å². The Kier molecular flexibility index (Phi) is 3.06. The molecule has 1 aliphatic carbocycles. The number of aromatic nitrogens is 4. The maximum Gasteiger partial charge on any atom is 0.412 e. The van der Waals surface area contributed by atoms with Crippen LogP contribution in [-0.4, -0.2) is 25.5 Å². The highest BCUT2D eigenvalue weighted by molar-refractivity contribution is 6.20. The summed E-state index contributed by atoms with van der Waals surface area (Å²) in [4.78, 5) is 4.35. The Morgan fingerprint density at radius 1 is 1.38 bits per heavy atom. The molecule has 21 heavy (non-hydrogen) atoms. The van der Waals surface area contributed by atoms with Gasteiger partial charge in [-0.1, -0.05) is 0 Å². The zero-order chi connectivity index (χ0) is 15.6. The van der Waals surface area contributed by atoms with Crippen LogP contribution in [0, 0.1) is 6.92 Å². The topological polar surface area (TPSA) is 35.6 Å². The molecule has 2 heterocycles. The minimum absolute atomic E-state index is 0.0620. The van der Waals surface area contributed by atoms with E-state index in [0.29, 0.717) is 23.4 Å². The lowest BCUT2D eigenvalue weighted by Gasteiger charge is -2.24. The first kappa shape index (κ1) is 14.7. The Bertz CT molecular complexity index is 694. The van der Waals surface area contributed by atoms with Crippen LogP contribution in [0.2, 0.25) is 0 Å². The van der Waals surface area contributed by atoms with Gasteiger partial charge in [0.05, 0.1) is 11.1 Å². The summed E-state index contributed by atoms with van der Waals surface area (Å²) in [6.45, 7) is 5.73. The molecular weight excluding hydrogens is 305 g/mol. The third-order valence-electron chi connectivity index (χ3n) is 4.07. The minimum Gasteiger partial charge on any atom is -0.296 e. The third-order valence-corrected chi connectivity index (χ3v) is 4.27. The van der Waals surface area contributed by atoms with Crippen molar-refractivity contribution in [2.45, 2.75) is 57.2 Å². The number of halogens is 4. The first-order valence-corrected chi connectivity index (χ1v) is 7.33. The average Bonchev–Trinajstić information content (AvgIpc) is 3.00. The second-order valence-corrected chi connectivity index (χ2v) is 6.18. The van der Waals surface area contributed by atoms with E-state index in [-0.39, 0.29) is 18.7 Å². The maximum absolute atomic E-state index is 13.6. The van der Waals surface area contributed by atoms with Crippen LogP contribution in [0.25, 0.3) is 11.2 Å². The molecule has 1 atom stereocenters. The molecule has 0 saturated heterocycles. The molecule has 1 fully saturated rings. The predicted octanol–water partition coefficient (Wildman–Crippen LogP) is 3.91. The SMILES string of the molecule is CCn1nc(C)c2nc(C(C)Cl)n(C3(C(F)(F)F)CC3)c21. The molecule has 0 spiro atoms. The molecule has 1 unspecified atom stereocenters. The first-order chi connectivity index (χ1) is 9.73.